The van der Waals surface area contributed by atoms with Crippen LogP contribution >= 0.6 is 0 Å². The Morgan fingerprint density at radius 1 is 0.218 bits per heavy atom. The fourth-order valence-corrected chi connectivity index (χ4v) is 12.7. The summed E-state index contributed by atoms with van der Waals surface area (Å²) in [4.78, 5) is 43.7. The topological polar surface area (TPSA) is 195 Å². The predicted octanol–water partition coefficient (Wildman–Crippen LogP) is 22.0. The van der Waals surface area contributed by atoms with Crippen LogP contribution in [0.5, 0.6) is 0 Å². The van der Waals surface area contributed by atoms with E-state index in [2.05, 4.69) is 132 Å². The van der Waals surface area contributed by atoms with E-state index in [1.807, 2.05) is 189 Å². The fraction of sp³-hybridized carbons (Fsp3) is 0.0698. The van der Waals surface area contributed by atoms with Gasteiger partial charge < -0.3 is 22.1 Å². The molecule has 15 heteroatoms. The van der Waals surface area contributed by atoms with Crippen LogP contribution in [0.1, 0.15) is 36.1 Å². The summed E-state index contributed by atoms with van der Waals surface area (Å²) in [5.74, 6) is 0. The third-order valence-corrected chi connectivity index (χ3v) is 17.7. The van der Waals surface area contributed by atoms with Gasteiger partial charge in [-0.05, 0) is 201 Å². The molecule has 0 saturated carbocycles. The molecule has 0 amide bonds. The van der Waals surface area contributed by atoms with Gasteiger partial charge in [-0.25, -0.2) is 24.9 Å². The lowest BCUT2D eigenvalue weighted by molar-refractivity contribution is 0.654. The zero-order valence-corrected chi connectivity index (χ0v) is 55.5. The molecule has 0 radical (unpaired) electrons. The Balaban J connectivity index is 0.0000000980. The van der Waals surface area contributed by atoms with Crippen molar-refractivity contribution in [1.29, 1.82) is 0 Å². The number of furan rings is 5. The van der Waals surface area contributed by atoms with Gasteiger partial charge in [0.05, 0.1) is 28.5 Å². The van der Waals surface area contributed by atoms with Gasteiger partial charge in [0.2, 0.25) is 28.6 Å². The maximum Gasteiger partial charge on any atom is 0.227 e. The number of nitrogens with zero attached hydrogens (tertiary/aromatic N) is 10. The molecule has 0 N–H and O–H groups in total. The first kappa shape index (κ1) is 62.4. The van der Waals surface area contributed by atoms with Gasteiger partial charge in [-0.15, -0.1) is 0 Å². The van der Waals surface area contributed by atoms with Crippen molar-refractivity contribution in [3.8, 4) is 56.3 Å². The first-order valence-electron chi connectivity index (χ1n) is 33.3. The number of fused-ring (bicyclic) bond motifs is 15. The molecule has 0 atom stereocenters. The maximum atomic E-state index is 5.96. The normalized spacial score (nSPS) is 11.2. The minimum atomic E-state index is 0.667. The molecule has 0 saturated heterocycles. The Morgan fingerprint density at radius 3 is 0.752 bits per heavy atom. The van der Waals surface area contributed by atoms with E-state index >= 15 is 0 Å². The largest absolute Gasteiger partial charge is 0.437 e. The van der Waals surface area contributed by atoms with Crippen LogP contribution in [0.2, 0.25) is 0 Å². The number of aryl methyl sites for hydroxylation is 4. The summed E-state index contributed by atoms with van der Waals surface area (Å²) in [6.07, 6.45) is 19.9. The number of pyridine rings is 10. The second-order valence-corrected chi connectivity index (χ2v) is 24.2. The van der Waals surface area contributed by atoms with Gasteiger partial charge in [0, 0.05) is 144 Å². The molecule has 0 spiro atoms. The van der Waals surface area contributed by atoms with Crippen LogP contribution in [0.4, 0.5) is 0 Å². The second kappa shape index (κ2) is 27.6. The minimum absolute atomic E-state index is 0.667. The molecule has 15 aromatic heterocycles. The van der Waals surface area contributed by atoms with E-state index in [1.165, 1.54) is 22.3 Å². The van der Waals surface area contributed by atoms with Gasteiger partial charge in [-0.2, -0.15) is 0 Å². The first-order valence-corrected chi connectivity index (χ1v) is 33.3. The predicted molar refractivity (Wildman–Crippen MR) is 402 cm³/mol. The quantitative estimate of drug-likeness (QED) is 0.146. The van der Waals surface area contributed by atoms with Gasteiger partial charge in [0.25, 0.3) is 0 Å². The Morgan fingerprint density at radius 2 is 0.475 bits per heavy atom. The van der Waals surface area contributed by atoms with E-state index in [0.717, 1.165) is 151 Å². The zero-order chi connectivity index (χ0) is 68.2. The Kier molecular flexibility index (Phi) is 17.1. The molecular formula is C86H62N10O5. The lowest BCUT2D eigenvalue weighted by Gasteiger charge is -2.03. The summed E-state index contributed by atoms with van der Waals surface area (Å²) in [5.41, 5.74) is 22.2. The summed E-state index contributed by atoms with van der Waals surface area (Å²) in [7, 11) is 0. The van der Waals surface area contributed by atoms with Gasteiger partial charge in [0.1, 0.15) is 27.9 Å². The van der Waals surface area contributed by atoms with Gasteiger partial charge >= 0.3 is 0 Å². The standard InChI is InChI=1S/2C18H14N2O.2C17H12N2O.C16H10N2O/c2*1-2-12-8-10-19-16(11-12)15-6-3-5-13-14-7-4-9-20-18(14)21-17(13)15;2*1-11-7-9-18-15(10-11)14-5-2-4-12-13-6-3-8-19-17(13)20-16(12)14;1-2-9-17-14(8-1)13-6-3-5-11-12-7-4-10-18-16(12)19-15(11)13/h2*3-11H,2H2,1H3;2*2-10H,1H3;1-10H. The molecule has 486 valence electrons. The SMILES string of the molecule is CCc1ccnc(-c2cccc3c2oc2ncccc23)c1.CCc1ccnc(-c2cccc3c2oc2ncccc23)c1.Cc1ccnc(-c2cccc3c2oc2ncccc23)c1.Cc1ccnc(-c2cccc3c2oc2ncccc23)c1.c1ccc(-c2cccc3c2oc2ncccc23)nc1. The van der Waals surface area contributed by atoms with Crippen LogP contribution in [0.25, 0.3) is 167 Å². The number of para-hydroxylation sites is 5. The van der Waals surface area contributed by atoms with Crippen LogP contribution in [-0.4, -0.2) is 49.8 Å². The molecule has 20 aromatic rings. The highest BCUT2D eigenvalue weighted by atomic mass is 16.4. The number of hydrogen-bond acceptors (Lipinski definition) is 15. The second-order valence-electron chi connectivity index (χ2n) is 24.2. The zero-order valence-electron chi connectivity index (χ0n) is 55.5. The molecule has 0 aliphatic rings. The highest BCUT2D eigenvalue weighted by molar-refractivity contribution is 6.12. The van der Waals surface area contributed by atoms with Crippen LogP contribution in [0, 0.1) is 13.8 Å². The summed E-state index contributed by atoms with van der Waals surface area (Å²) < 4.78 is 29.7. The minimum Gasteiger partial charge on any atom is -0.437 e. The van der Waals surface area contributed by atoms with Crippen molar-refractivity contribution < 1.29 is 22.1 Å². The fourth-order valence-electron chi connectivity index (χ4n) is 12.7. The van der Waals surface area contributed by atoms with Crippen LogP contribution in [-0.2, 0) is 12.8 Å². The summed E-state index contributed by atoms with van der Waals surface area (Å²) >= 11 is 0. The number of rotatable bonds is 7. The average molecular weight is 1320 g/mol. The van der Waals surface area contributed by atoms with Crippen LogP contribution in [0.15, 0.2) is 302 Å². The first-order chi connectivity index (χ1) is 49.8. The van der Waals surface area contributed by atoms with Crippen molar-refractivity contribution in [2.45, 2.75) is 40.5 Å². The molecule has 15 heterocycles. The summed E-state index contributed by atoms with van der Waals surface area (Å²) in [5, 5.41) is 10.6. The summed E-state index contributed by atoms with van der Waals surface area (Å²) in [6.45, 7) is 8.41. The van der Waals surface area contributed by atoms with Crippen molar-refractivity contribution in [2.75, 3.05) is 0 Å². The van der Waals surface area contributed by atoms with Crippen molar-refractivity contribution >= 4 is 110 Å². The van der Waals surface area contributed by atoms with Crippen molar-refractivity contribution in [2.24, 2.45) is 0 Å². The van der Waals surface area contributed by atoms with Crippen molar-refractivity contribution in [1.82, 2.24) is 49.8 Å². The van der Waals surface area contributed by atoms with E-state index in [-0.39, 0.29) is 0 Å². The van der Waals surface area contributed by atoms with Gasteiger partial charge in [-0.3, -0.25) is 24.9 Å². The molecule has 101 heavy (non-hydrogen) atoms. The molecule has 0 fully saturated rings. The molecule has 0 aliphatic heterocycles. The highest BCUT2D eigenvalue weighted by Crippen LogP contribution is 2.40. The van der Waals surface area contributed by atoms with Crippen molar-refractivity contribution in [3.05, 3.63) is 303 Å². The molecule has 5 aromatic carbocycles. The smallest absolute Gasteiger partial charge is 0.227 e. The lowest BCUT2D eigenvalue weighted by Crippen LogP contribution is -1.87. The van der Waals surface area contributed by atoms with Gasteiger partial charge in [0.15, 0.2) is 0 Å². The summed E-state index contributed by atoms with van der Waals surface area (Å²) in [6, 6.07) is 72.7. The van der Waals surface area contributed by atoms with E-state index in [9.17, 15) is 0 Å². The number of hydrogen-bond donors (Lipinski definition) is 0. The Hall–Kier alpha value is -13.4. The molecular weight excluding hydrogens is 1250 g/mol. The Bertz CT molecular complexity index is 6080. The third kappa shape index (κ3) is 12.4. The molecule has 15 nitrogen and oxygen atoms in total. The van der Waals surface area contributed by atoms with E-state index in [0.29, 0.717) is 28.6 Å². The third-order valence-electron chi connectivity index (χ3n) is 17.7. The molecule has 0 bridgehead atoms. The van der Waals surface area contributed by atoms with Crippen LogP contribution in [0.3, 0.4) is 0 Å². The monoisotopic (exact) mass is 1310 g/mol. The van der Waals surface area contributed by atoms with Crippen molar-refractivity contribution in [3.63, 3.8) is 0 Å². The van der Waals surface area contributed by atoms with Crippen LogP contribution < -0.4 is 0 Å². The average Bonchev–Trinajstić information content (AvgIpc) is 1.67. The Labute approximate surface area is 578 Å². The highest BCUT2D eigenvalue weighted by Gasteiger charge is 2.19. The van der Waals surface area contributed by atoms with E-state index < -0.39 is 0 Å². The maximum absolute atomic E-state index is 5.96. The molecule has 0 aliphatic carbocycles. The lowest BCUT2D eigenvalue weighted by atomic mass is 10.0. The van der Waals surface area contributed by atoms with E-state index in [1.54, 1.807) is 37.2 Å². The molecule has 0 unspecified atom stereocenters. The number of aromatic nitrogens is 10. The van der Waals surface area contributed by atoms with Gasteiger partial charge in [-0.1, -0.05) is 80.6 Å². The molecule has 20 rings (SSSR count). The number of benzene rings is 5. The van der Waals surface area contributed by atoms with E-state index in [4.69, 9.17) is 22.1 Å².